The summed E-state index contributed by atoms with van der Waals surface area (Å²) in [6.45, 7) is 4.01. The second kappa shape index (κ2) is 4.16. The van der Waals surface area contributed by atoms with Crippen LogP contribution in [0.2, 0.25) is 0 Å². The molecule has 0 aliphatic heterocycles. The van der Waals surface area contributed by atoms with Crippen LogP contribution >= 0.6 is 11.6 Å². The van der Waals surface area contributed by atoms with Crippen LogP contribution in [0.5, 0.6) is 0 Å². The monoisotopic (exact) mass is 120 g/mol. The topological polar surface area (TPSA) is 9.23 Å². The highest BCUT2D eigenvalue weighted by Gasteiger charge is 1.92. The van der Waals surface area contributed by atoms with Crippen LogP contribution in [0, 0.1) is 0 Å². The SMILES string of the molecule is C=CC(Cl)COC. The summed E-state index contributed by atoms with van der Waals surface area (Å²) in [6, 6.07) is 0. The molecule has 0 amide bonds. The maximum Gasteiger partial charge on any atom is 0.0747 e. The number of halogens is 1. The van der Waals surface area contributed by atoms with Crippen LogP contribution in [0.3, 0.4) is 0 Å². The third-order valence-electron chi connectivity index (χ3n) is 0.582. The van der Waals surface area contributed by atoms with Gasteiger partial charge in [0, 0.05) is 7.11 Å². The number of rotatable bonds is 3. The van der Waals surface area contributed by atoms with E-state index in [1.165, 1.54) is 0 Å². The van der Waals surface area contributed by atoms with Gasteiger partial charge in [0.15, 0.2) is 0 Å². The summed E-state index contributed by atoms with van der Waals surface area (Å²) in [4.78, 5) is 0. The summed E-state index contributed by atoms with van der Waals surface area (Å²) < 4.78 is 4.69. The fourth-order valence-corrected chi connectivity index (χ4v) is 0.353. The van der Waals surface area contributed by atoms with Gasteiger partial charge in [0.1, 0.15) is 0 Å². The van der Waals surface area contributed by atoms with Gasteiger partial charge in [-0.1, -0.05) is 6.08 Å². The molecule has 0 N–H and O–H groups in total. The highest BCUT2D eigenvalue weighted by Crippen LogP contribution is 1.94. The highest BCUT2D eigenvalue weighted by atomic mass is 35.5. The third-order valence-corrected chi connectivity index (χ3v) is 0.886. The van der Waals surface area contributed by atoms with Crippen molar-refractivity contribution in [2.24, 2.45) is 0 Å². The first-order valence-electron chi connectivity index (χ1n) is 2.06. The van der Waals surface area contributed by atoms with Gasteiger partial charge in [-0.15, -0.1) is 18.2 Å². The zero-order valence-electron chi connectivity index (χ0n) is 4.36. The molecule has 42 valence electrons. The van der Waals surface area contributed by atoms with Crippen LogP contribution in [-0.2, 0) is 4.74 Å². The number of methoxy groups -OCH3 is 1. The highest BCUT2D eigenvalue weighted by molar-refractivity contribution is 6.21. The molecule has 2 heteroatoms. The molecule has 0 spiro atoms. The lowest BCUT2D eigenvalue weighted by Crippen LogP contribution is -2.01. The fraction of sp³-hybridized carbons (Fsp3) is 0.600. The van der Waals surface area contributed by atoms with Crippen molar-refractivity contribution in [3.63, 3.8) is 0 Å². The van der Waals surface area contributed by atoms with Crippen molar-refractivity contribution >= 4 is 11.6 Å². The molecular formula is C5H9ClO. The average molecular weight is 121 g/mol. The molecule has 0 aliphatic rings. The molecule has 0 aliphatic carbocycles. The smallest absolute Gasteiger partial charge is 0.0747 e. The Morgan fingerprint density at radius 2 is 2.57 bits per heavy atom. The predicted molar refractivity (Wildman–Crippen MR) is 31.7 cm³/mol. The van der Waals surface area contributed by atoms with E-state index in [0.717, 1.165) is 0 Å². The van der Waals surface area contributed by atoms with E-state index in [0.29, 0.717) is 6.61 Å². The summed E-state index contributed by atoms with van der Waals surface area (Å²) in [5, 5.41) is -0.0370. The molecule has 0 aromatic carbocycles. The maximum atomic E-state index is 5.52. The van der Waals surface area contributed by atoms with E-state index in [1.807, 2.05) is 0 Å². The summed E-state index contributed by atoms with van der Waals surface area (Å²) in [5.74, 6) is 0. The molecule has 0 rings (SSSR count). The minimum absolute atomic E-state index is 0.0370. The van der Waals surface area contributed by atoms with Crippen molar-refractivity contribution in [1.29, 1.82) is 0 Å². The maximum absolute atomic E-state index is 5.52. The molecule has 0 aromatic rings. The predicted octanol–water partition coefficient (Wildman–Crippen LogP) is 1.43. The lowest BCUT2D eigenvalue weighted by molar-refractivity contribution is 0.206. The van der Waals surface area contributed by atoms with Crippen LogP contribution in [-0.4, -0.2) is 19.1 Å². The molecule has 0 saturated carbocycles. The van der Waals surface area contributed by atoms with Crippen molar-refractivity contribution in [2.75, 3.05) is 13.7 Å². The van der Waals surface area contributed by atoms with Crippen molar-refractivity contribution in [1.82, 2.24) is 0 Å². The summed E-state index contributed by atoms with van der Waals surface area (Å²) >= 11 is 5.52. The van der Waals surface area contributed by atoms with Gasteiger partial charge >= 0.3 is 0 Å². The Bertz CT molecular complexity index is 54.0. The lowest BCUT2D eigenvalue weighted by atomic mass is 10.4. The Balaban J connectivity index is 2.98. The Morgan fingerprint density at radius 1 is 2.00 bits per heavy atom. The molecule has 7 heavy (non-hydrogen) atoms. The van der Waals surface area contributed by atoms with E-state index in [9.17, 15) is 0 Å². The molecule has 0 heterocycles. The minimum atomic E-state index is -0.0370. The number of alkyl halides is 1. The summed E-state index contributed by atoms with van der Waals surface area (Å²) in [5.41, 5.74) is 0. The third kappa shape index (κ3) is 3.83. The van der Waals surface area contributed by atoms with Gasteiger partial charge in [0.05, 0.1) is 12.0 Å². The van der Waals surface area contributed by atoms with E-state index < -0.39 is 0 Å². The number of hydrogen-bond acceptors (Lipinski definition) is 1. The van der Waals surface area contributed by atoms with E-state index >= 15 is 0 Å². The second-order valence-corrected chi connectivity index (χ2v) is 1.77. The Hall–Kier alpha value is -0.0100. The van der Waals surface area contributed by atoms with E-state index in [4.69, 9.17) is 16.3 Å². The average Bonchev–Trinajstić information content (AvgIpc) is 1.68. The fourth-order valence-electron chi connectivity index (χ4n) is 0.227. The quantitative estimate of drug-likeness (QED) is 0.405. The zero-order chi connectivity index (χ0) is 5.70. The van der Waals surface area contributed by atoms with Crippen LogP contribution in [0.4, 0.5) is 0 Å². The van der Waals surface area contributed by atoms with Crippen molar-refractivity contribution in [3.8, 4) is 0 Å². The van der Waals surface area contributed by atoms with Gasteiger partial charge in [-0.3, -0.25) is 0 Å². The number of hydrogen-bond donors (Lipinski definition) is 0. The van der Waals surface area contributed by atoms with E-state index in [2.05, 4.69) is 6.58 Å². The normalized spacial score (nSPS) is 13.4. The Labute approximate surface area is 48.9 Å². The van der Waals surface area contributed by atoms with Crippen LogP contribution in [0.25, 0.3) is 0 Å². The molecule has 0 fully saturated rings. The van der Waals surface area contributed by atoms with Gasteiger partial charge in [-0.2, -0.15) is 0 Å². The largest absolute Gasteiger partial charge is 0.383 e. The molecule has 1 atom stereocenters. The van der Waals surface area contributed by atoms with Crippen molar-refractivity contribution in [3.05, 3.63) is 12.7 Å². The van der Waals surface area contributed by atoms with E-state index in [-0.39, 0.29) is 5.38 Å². The molecule has 0 saturated heterocycles. The zero-order valence-corrected chi connectivity index (χ0v) is 5.11. The molecule has 0 radical (unpaired) electrons. The first-order chi connectivity index (χ1) is 3.31. The second-order valence-electron chi connectivity index (χ2n) is 1.21. The Morgan fingerprint density at radius 3 is 2.71 bits per heavy atom. The minimum Gasteiger partial charge on any atom is -0.383 e. The van der Waals surface area contributed by atoms with Gasteiger partial charge in [0.2, 0.25) is 0 Å². The molecular weight excluding hydrogens is 112 g/mol. The van der Waals surface area contributed by atoms with Gasteiger partial charge in [0.25, 0.3) is 0 Å². The standard InChI is InChI=1S/C5H9ClO/c1-3-5(6)4-7-2/h3,5H,1,4H2,2H3. The summed E-state index contributed by atoms with van der Waals surface area (Å²) in [6.07, 6.45) is 1.64. The lowest BCUT2D eigenvalue weighted by Gasteiger charge is -1.97. The van der Waals surface area contributed by atoms with Gasteiger partial charge in [-0.25, -0.2) is 0 Å². The van der Waals surface area contributed by atoms with E-state index in [1.54, 1.807) is 13.2 Å². The molecule has 1 unspecified atom stereocenters. The van der Waals surface area contributed by atoms with Crippen molar-refractivity contribution in [2.45, 2.75) is 5.38 Å². The molecule has 0 aromatic heterocycles. The first kappa shape index (κ1) is 6.99. The van der Waals surface area contributed by atoms with Crippen LogP contribution in [0.1, 0.15) is 0 Å². The molecule has 0 bridgehead atoms. The number of ether oxygens (including phenoxy) is 1. The van der Waals surface area contributed by atoms with Gasteiger partial charge in [-0.05, 0) is 0 Å². The van der Waals surface area contributed by atoms with Gasteiger partial charge < -0.3 is 4.74 Å². The van der Waals surface area contributed by atoms with Crippen LogP contribution in [0.15, 0.2) is 12.7 Å². The van der Waals surface area contributed by atoms with Crippen molar-refractivity contribution < 1.29 is 4.74 Å². The Kier molecular flexibility index (Phi) is 4.15. The van der Waals surface area contributed by atoms with Crippen LogP contribution < -0.4 is 0 Å². The molecule has 1 nitrogen and oxygen atoms in total. The summed E-state index contributed by atoms with van der Waals surface area (Å²) in [7, 11) is 1.61. The first-order valence-corrected chi connectivity index (χ1v) is 2.50.